The lowest BCUT2D eigenvalue weighted by atomic mass is 9.96. The van der Waals surface area contributed by atoms with E-state index in [1.165, 1.54) is 18.6 Å². The van der Waals surface area contributed by atoms with E-state index in [1.807, 2.05) is 6.92 Å². The summed E-state index contributed by atoms with van der Waals surface area (Å²) in [7, 11) is 1.73. The van der Waals surface area contributed by atoms with Crippen LogP contribution in [0.3, 0.4) is 0 Å². The predicted octanol–water partition coefficient (Wildman–Crippen LogP) is 2.40. The average molecular weight is 294 g/mol. The van der Waals surface area contributed by atoms with Crippen molar-refractivity contribution in [1.29, 1.82) is 0 Å². The van der Waals surface area contributed by atoms with E-state index < -0.39 is 5.82 Å². The Morgan fingerprint density at radius 2 is 2.38 bits per heavy atom. The van der Waals surface area contributed by atoms with Crippen LogP contribution in [0.15, 0.2) is 18.3 Å². The Kier molecular flexibility index (Phi) is 5.82. The fourth-order valence-corrected chi connectivity index (χ4v) is 2.93. The monoisotopic (exact) mass is 294 g/mol. The summed E-state index contributed by atoms with van der Waals surface area (Å²) < 4.78 is 18.1. The summed E-state index contributed by atoms with van der Waals surface area (Å²) >= 11 is 0. The van der Waals surface area contributed by atoms with Crippen molar-refractivity contribution in [3.8, 4) is 0 Å². The minimum atomic E-state index is -0.419. The molecular weight excluding hydrogens is 271 g/mol. The molecule has 2 atom stereocenters. The molecule has 0 aliphatic carbocycles. The van der Waals surface area contributed by atoms with E-state index >= 15 is 0 Å². The van der Waals surface area contributed by atoms with Crippen molar-refractivity contribution in [3.05, 3.63) is 29.8 Å². The maximum absolute atomic E-state index is 12.8. The molecule has 0 saturated carbocycles. The Bertz CT molecular complexity index is 462. The Balaban J connectivity index is 1.89. The van der Waals surface area contributed by atoms with Crippen LogP contribution in [-0.2, 0) is 4.74 Å². The van der Waals surface area contributed by atoms with E-state index in [-0.39, 0.29) is 11.7 Å². The molecule has 0 N–H and O–H groups in total. The van der Waals surface area contributed by atoms with Crippen LogP contribution in [0.1, 0.15) is 30.3 Å². The van der Waals surface area contributed by atoms with Crippen LogP contribution in [0.25, 0.3) is 0 Å². The highest BCUT2D eigenvalue weighted by Crippen LogP contribution is 2.18. The summed E-state index contributed by atoms with van der Waals surface area (Å²) in [4.78, 5) is 18.5. The largest absolute Gasteiger partial charge is 0.384 e. The molecule has 2 unspecified atom stereocenters. The molecule has 1 saturated heterocycles. The molecule has 0 aromatic carbocycles. The quantitative estimate of drug-likeness (QED) is 0.756. The molecule has 1 fully saturated rings. The van der Waals surface area contributed by atoms with Gasteiger partial charge in [0.15, 0.2) is 5.78 Å². The third-order valence-electron chi connectivity index (χ3n) is 3.96. The highest BCUT2D eigenvalue weighted by Gasteiger charge is 2.24. The lowest BCUT2D eigenvalue weighted by molar-refractivity contribution is 0.0737. The number of nitrogens with zero attached hydrogens (tertiary/aromatic N) is 2. The van der Waals surface area contributed by atoms with Gasteiger partial charge in [-0.25, -0.2) is 4.39 Å². The van der Waals surface area contributed by atoms with Crippen LogP contribution in [0.4, 0.5) is 4.39 Å². The number of rotatable bonds is 6. The van der Waals surface area contributed by atoms with Crippen LogP contribution in [0, 0.1) is 17.7 Å². The first-order valence-electron chi connectivity index (χ1n) is 7.47. The van der Waals surface area contributed by atoms with Gasteiger partial charge in [-0.1, -0.05) is 6.92 Å². The Morgan fingerprint density at radius 1 is 1.57 bits per heavy atom. The molecule has 0 spiro atoms. The van der Waals surface area contributed by atoms with Crippen LogP contribution < -0.4 is 0 Å². The number of Topliss-reactive ketones (excluding diaryl/α,β-unsaturated/α-hetero) is 1. The SMILES string of the molecule is COCC1CCCN(CC(C)C(=O)c2ccc(F)cn2)C1. The maximum atomic E-state index is 12.8. The third-order valence-corrected chi connectivity index (χ3v) is 3.96. The van der Waals surface area contributed by atoms with Crippen molar-refractivity contribution < 1.29 is 13.9 Å². The van der Waals surface area contributed by atoms with Crippen LogP contribution in [0.2, 0.25) is 0 Å². The Morgan fingerprint density at radius 3 is 3.05 bits per heavy atom. The van der Waals surface area contributed by atoms with Crippen molar-refractivity contribution in [3.63, 3.8) is 0 Å². The maximum Gasteiger partial charge on any atom is 0.185 e. The van der Waals surface area contributed by atoms with Crippen molar-refractivity contribution >= 4 is 5.78 Å². The van der Waals surface area contributed by atoms with Gasteiger partial charge in [-0.2, -0.15) is 0 Å². The van der Waals surface area contributed by atoms with Gasteiger partial charge < -0.3 is 9.64 Å². The molecular formula is C16H23FN2O2. The van der Waals surface area contributed by atoms with Gasteiger partial charge in [-0.05, 0) is 37.4 Å². The second-order valence-corrected chi connectivity index (χ2v) is 5.85. The number of ketones is 1. The topological polar surface area (TPSA) is 42.4 Å². The molecule has 0 amide bonds. The number of hydrogen-bond acceptors (Lipinski definition) is 4. The zero-order chi connectivity index (χ0) is 15.2. The standard InChI is InChI=1S/C16H23FN2O2/c1-12(16(20)15-6-5-14(17)8-18-15)9-19-7-3-4-13(10-19)11-21-2/h5-6,8,12-13H,3-4,7,9-11H2,1-2H3. The molecule has 4 nitrogen and oxygen atoms in total. The number of ether oxygens (including phenoxy) is 1. The highest BCUT2D eigenvalue weighted by molar-refractivity contribution is 5.95. The lowest BCUT2D eigenvalue weighted by Crippen LogP contribution is -2.40. The Hall–Kier alpha value is -1.33. The number of methoxy groups -OCH3 is 1. The smallest absolute Gasteiger partial charge is 0.185 e. The average Bonchev–Trinajstić information content (AvgIpc) is 2.48. The highest BCUT2D eigenvalue weighted by atomic mass is 19.1. The number of pyridine rings is 1. The number of piperidine rings is 1. The molecule has 0 bridgehead atoms. The van der Waals surface area contributed by atoms with Gasteiger partial charge in [0.25, 0.3) is 0 Å². The summed E-state index contributed by atoms with van der Waals surface area (Å²) in [5.41, 5.74) is 0.342. The van der Waals surface area contributed by atoms with Gasteiger partial charge in [-0.15, -0.1) is 0 Å². The molecule has 5 heteroatoms. The van der Waals surface area contributed by atoms with E-state index in [4.69, 9.17) is 4.74 Å². The molecule has 21 heavy (non-hydrogen) atoms. The predicted molar refractivity (Wildman–Crippen MR) is 78.7 cm³/mol. The molecule has 0 radical (unpaired) electrons. The van der Waals surface area contributed by atoms with Gasteiger partial charge in [0.2, 0.25) is 0 Å². The van der Waals surface area contributed by atoms with Gasteiger partial charge >= 0.3 is 0 Å². The van der Waals surface area contributed by atoms with E-state index in [1.54, 1.807) is 7.11 Å². The minimum Gasteiger partial charge on any atom is -0.384 e. The number of halogens is 1. The summed E-state index contributed by atoms with van der Waals surface area (Å²) in [6.07, 6.45) is 3.42. The number of hydrogen-bond donors (Lipinski definition) is 0. The van der Waals surface area contributed by atoms with Crippen LogP contribution >= 0.6 is 0 Å². The summed E-state index contributed by atoms with van der Waals surface area (Å²) in [6.45, 7) is 5.40. The molecule has 116 valence electrons. The zero-order valence-electron chi connectivity index (χ0n) is 12.7. The van der Waals surface area contributed by atoms with E-state index in [2.05, 4.69) is 9.88 Å². The number of carbonyl (C=O) groups is 1. The Labute approximate surface area is 125 Å². The summed E-state index contributed by atoms with van der Waals surface area (Å²) in [5, 5.41) is 0. The first-order valence-corrected chi connectivity index (χ1v) is 7.47. The van der Waals surface area contributed by atoms with E-state index in [9.17, 15) is 9.18 Å². The lowest BCUT2D eigenvalue weighted by Gasteiger charge is -2.33. The number of carbonyl (C=O) groups excluding carboxylic acids is 1. The number of likely N-dealkylation sites (tertiary alicyclic amines) is 1. The molecule has 1 aromatic heterocycles. The summed E-state index contributed by atoms with van der Waals surface area (Å²) in [5.74, 6) is -0.0271. The van der Waals surface area contributed by atoms with Gasteiger partial charge in [0.05, 0.1) is 12.8 Å². The van der Waals surface area contributed by atoms with Crippen molar-refractivity contribution in [1.82, 2.24) is 9.88 Å². The molecule has 2 heterocycles. The fraction of sp³-hybridized carbons (Fsp3) is 0.625. The van der Waals surface area contributed by atoms with Crippen LogP contribution in [0.5, 0.6) is 0 Å². The first-order chi connectivity index (χ1) is 10.1. The first kappa shape index (κ1) is 16.0. The molecule has 1 aliphatic rings. The van der Waals surface area contributed by atoms with Gasteiger partial charge in [0.1, 0.15) is 11.5 Å². The van der Waals surface area contributed by atoms with Gasteiger partial charge in [-0.3, -0.25) is 9.78 Å². The molecule has 2 rings (SSSR count). The van der Waals surface area contributed by atoms with Crippen molar-refractivity contribution in [2.75, 3.05) is 33.4 Å². The summed E-state index contributed by atoms with van der Waals surface area (Å²) in [6, 6.07) is 2.74. The van der Waals surface area contributed by atoms with Crippen LogP contribution in [-0.4, -0.2) is 49.0 Å². The van der Waals surface area contributed by atoms with E-state index in [0.717, 1.165) is 38.9 Å². The second kappa shape index (κ2) is 7.61. The zero-order valence-corrected chi connectivity index (χ0v) is 12.7. The minimum absolute atomic E-state index is 0.0242. The fourth-order valence-electron chi connectivity index (χ4n) is 2.93. The third kappa shape index (κ3) is 4.58. The molecule has 1 aliphatic heterocycles. The van der Waals surface area contributed by atoms with E-state index in [0.29, 0.717) is 11.6 Å². The normalized spacial score (nSPS) is 21.2. The molecule has 1 aromatic rings. The second-order valence-electron chi connectivity index (χ2n) is 5.85. The van der Waals surface area contributed by atoms with Crippen molar-refractivity contribution in [2.45, 2.75) is 19.8 Å². The number of aromatic nitrogens is 1. The van der Waals surface area contributed by atoms with Gasteiger partial charge in [0, 0.05) is 26.1 Å². The van der Waals surface area contributed by atoms with Crippen molar-refractivity contribution in [2.24, 2.45) is 11.8 Å².